The standard InChI is InChI=1S/C41H58N2.CH3.BrH.Ni/c1-7-12-15-18-24-35-30-37(27-28-40(35)34-22-20-17-21-23-34)42-32(6)41(11-5)43-38-29-33(10-4)39(26-14-9-3)36(31-38)25-19-16-13-8-2;;;/h17,20-23,27-31H,7-16,18-19,24-26H2,1-6H3;1H3;1H;/q;-1;;+1/p-1. The van der Waals surface area contributed by atoms with E-state index in [1.54, 1.807) is 5.56 Å². The van der Waals surface area contributed by atoms with Gasteiger partial charge in [0.2, 0.25) is 0 Å². The van der Waals surface area contributed by atoms with Crippen molar-refractivity contribution in [3.05, 3.63) is 90.3 Å². The zero-order chi connectivity index (χ0) is 32.9. The van der Waals surface area contributed by atoms with Crippen LogP contribution >= 0.6 is 14.2 Å². The number of unbranched alkanes of at least 4 members (excludes halogenated alkanes) is 7. The molecule has 0 atom stereocenters. The van der Waals surface area contributed by atoms with Crippen LogP contribution in [0.2, 0.25) is 0 Å². The minimum atomic E-state index is 0. The van der Waals surface area contributed by atoms with Crippen LogP contribution in [-0.2, 0) is 39.4 Å². The van der Waals surface area contributed by atoms with Gasteiger partial charge in [-0.05, 0) is 116 Å². The average Bonchev–Trinajstić information content (AvgIpc) is 3.08. The molecule has 0 radical (unpaired) electrons. The van der Waals surface area contributed by atoms with Crippen LogP contribution in [0.3, 0.4) is 0 Å². The second-order valence-corrected chi connectivity index (χ2v) is 12.1. The minimum absolute atomic E-state index is 0. The van der Waals surface area contributed by atoms with Gasteiger partial charge >= 0.3 is 27.9 Å². The van der Waals surface area contributed by atoms with E-state index in [4.69, 9.17) is 9.98 Å². The fourth-order valence-electron chi connectivity index (χ4n) is 6.13. The molecule has 3 aromatic rings. The third-order valence-corrected chi connectivity index (χ3v) is 8.67. The Balaban J connectivity index is 0.00000346. The van der Waals surface area contributed by atoms with Gasteiger partial charge in [0.15, 0.2) is 0 Å². The quantitative estimate of drug-likeness (QED) is 0.0507. The van der Waals surface area contributed by atoms with Gasteiger partial charge in [0.1, 0.15) is 0 Å². The monoisotopic (exact) mass is 730 g/mol. The first-order chi connectivity index (χ1) is 22.0. The molecule has 0 amide bonds. The van der Waals surface area contributed by atoms with Gasteiger partial charge in [-0.3, -0.25) is 9.98 Å². The molecule has 0 fully saturated rings. The molecule has 0 aliphatic carbocycles. The summed E-state index contributed by atoms with van der Waals surface area (Å²) >= 11 is 6.25. The van der Waals surface area contributed by atoms with Crippen molar-refractivity contribution in [2.24, 2.45) is 9.98 Å². The first-order valence-corrected chi connectivity index (χ1v) is 20.1. The van der Waals surface area contributed by atoms with Gasteiger partial charge < -0.3 is 7.43 Å². The van der Waals surface area contributed by atoms with Crippen molar-refractivity contribution in [3.63, 3.8) is 0 Å². The van der Waals surface area contributed by atoms with Crippen molar-refractivity contribution in [3.8, 4) is 11.1 Å². The number of nitrogens with zero attached hydrogens (tertiary/aromatic N) is 2. The molecule has 0 aliphatic heterocycles. The van der Waals surface area contributed by atoms with Crippen LogP contribution < -0.4 is 0 Å². The molecule has 0 saturated heterocycles. The van der Waals surface area contributed by atoms with Gasteiger partial charge in [0.05, 0.1) is 22.8 Å². The molecule has 0 heterocycles. The van der Waals surface area contributed by atoms with Crippen LogP contribution in [0.15, 0.2) is 70.6 Å². The number of hydrogen-bond acceptors (Lipinski definition) is 2. The van der Waals surface area contributed by atoms with E-state index in [1.807, 2.05) is 0 Å². The van der Waals surface area contributed by atoms with Crippen LogP contribution in [0, 0.1) is 7.43 Å². The Morgan fingerprint density at radius 3 is 1.78 bits per heavy atom. The molecule has 0 aliphatic rings. The van der Waals surface area contributed by atoms with Gasteiger partial charge in [-0.15, -0.1) is 0 Å². The molecular formula is C42H61BrN2Ni-. The predicted molar refractivity (Wildman–Crippen MR) is 207 cm³/mol. The summed E-state index contributed by atoms with van der Waals surface area (Å²) in [6.45, 7) is 13.5. The van der Waals surface area contributed by atoms with E-state index < -0.39 is 0 Å². The second-order valence-electron chi connectivity index (χ2n) is 12.1. The third kappa shape index (κ3) is 14.0. The van der Waals surface area contributed by atoms with Gasteiger partial charge in [0.25, 0.3) is 0 Å². The molecule has 257 valence electrons. The Kier molecular flexibility index (Phi) is 22.9. The van der Waals surface area contributed by atoms with Crippen molar-refractivity contribution >= 4 is 37.0 Å². The van der Waals surface area contributed by atoms with Crippen LogP contribution in [-0.4, -0.2) is 11.4 Å². The van der Waals surface area contributed by atoms with E-state index in [0.717, 1.165) is 42.1 Å². The van der Waals surface area contributed by atoms with Gasteiger partial charge in [-0.1, -0.05) is 116 Å². The Morgan fingerprint density at radius 2 is 1.20 bits per heavy atom. The molecule has 4 heteroatoms. The summed E-state index contributed by atoms with van der Waals surface area (Å²) < 4.78 is 0. The number of hydrogen-bond donors (Lipinski definition) is 0. The molecule has 0 saturated carbocycles. The predicted octanol–water partition coefficient (Wildman–Crippen LogP) is 14.1. The number of aliphatic imine (C=N–C) groups is 2. The summed E-state index contributed by atoms with van der Waals surface area (Å²) in [6, 6.07) is 22.3. The summed E-state index contributed by atoms with van der Waals surface area (Å²) in [5.74, 6) is 0. The normalized spacial score (nSPS) is 11.6. The Hall–Kier alpha value is -2.03. The first kappa shape index (κ1) is 42.0. The molecule has 46 heavy (non-hydrogen) atoms. The van der Waals surface area contributed by atoms with E-state index in [9.17, 15) is 0 Å². The van der Waals surface area contributed by atoms with E-state index in [1.165, 1.54) is 105 Å². The molecule has 0 bridgehead atoms. The van der Waals surface area contributed by atoms with Crippen LogP contribution in [0.25, 0.3) is 11.1 Å². The second kappa shape index (κ2) is 25.1. The number of halogens is 1. The molecular weight excluding hydrogens is 671 g/mol. The van der Waals surface area contributed by atoms with E-state index >= 15 is 0 Å². The zero-order valence-corrected chi connectivity index (χ0v) is 32.5. The van der Waals surface area contributed by atoms with Crippen LogP contribution in [0.1, 0.15) is 134 Å². The fourth-order valence-corrected chi connectivity index (χ4v) is 6.13. The number of rotatable bonds is 19. The number of benzene rings is 3. The van der Waals surface area contributed by atoms with Gasteiger partial charge in [-0.2, -0.15) is 0 Å². The van der Waals surface area contributed by atoms with Crippen LogP contribution in [0.5, 0.6) is 0 Å². The van der Waals surface area contributed by atoms with Crippen molar-refractivity contribution in [1.29, 1.82) is 0 Å². The van der Waals surface area contributed by atoms with Crippen molar-refractivity contribution < 1.29 is 13.7 Å². The fraction of sp³-hybridized carbons (Fsp3) is 0.500. The van der Waals surface area contributed by atoms with Gasteiger partial charge in [0, 0.05) is 0 Å². The van der Waals surface area contributed by atoms with E-state index in [0.29, 0.717) is 0 Å². The summed E-state index contributed by atoms with van der Waals surface area (Å²) in [6.07, 6.45) is 18.1. The first-order valence-electron chi connectivity index (χ1n) is 17.6. The van der Waals surface area contributed by atoms with E-state index in [2.05, 4.69) is 130 Å². The number of aryl methyl sites for hydroxylation is 3. The summed E-state index contributed by atoms with van der Waals surface area (Å²) in [4.78, 5) is 10.4. The van der Waals surface area contributed by atoms with Crippen molar-refractivity contribution in [2.45, 2.75) is 138 Å². The SMILES string of the molecule is CCCCCCc1cc(N=C(C)C(CC)=Nc2cc(CC)c(CCCC)c(CCCCCC)c2)ccc1-c1ccccc1.[CH3-].[Ni][Br]. The molecule has 2 nitrogen and oxygen atoms in total. The van der Waals surface area contributed by atoms with Crippen molar-refractivity contribution in [1.82, 2.24) is 0 Å². The molecule has 0 aromatic heterocycles. The Bertz CT molecular complexity index is 1310. The van der Waals surface area contributed by atoms with Crippen LogP contribution in [0.4, 0.5) is 11.4 Å². The summed E-state index contributed by atoms with van der Waals surface area (Å²) in [7, 11) is 0. The van der Waals surface area contributed by atoms with Gasteiger partial charge in [-0.25, -0.2) is 0 Å². The maximum absolute atomic E-state index is 5.25. The molecule has 0 N–H and O–H groups in total. The Labute approximate surface area is 298 Å². The Morgan fingerprint density at radius 1 is 0.609 bits per heavy atom. The average molecular weight is 733 g/mol. The molecule has 0 spiro atoms. The van der Waals surface area contributed by atoms with Crippen molar-refractivity contribution in [2.75, 3.05) is 0 Å². The molecule has 3 aromatic carbocycles. The topological polar surface area (TPSA) is 24.7 Å². The molecule has 0 unspecified atom stereocenters. The maximum atomic E-state index is 5.25. The summed E-state index contributed by atoms with van der Waals surface area (Å²) in [5.41, 5.74) is 12.8. The third-order valence-electron chi connectivity index (χ3n) is 8.67. The molecule has 3 rings (SSSR count). The zero-order valence-electron chi connectivity index (χ0n) is 30.0. The van der Waals surface area contributed by atoms with E-state index in [-0.39, 0.29) is 7.43 Å². The summed E-state index contributed by atoms with van der Waals surface area (Å²) in [5, 5.41) is 0.